The third kappa shape index (κ3) is 3.98. The Hall–Kier alpha value is -0.570. The summed E-state index contributed by atoms with van der Waals surface area (Å²) in [7, 11) is 1.78. The molecule has 0 aromatic heterocycles. The number of carbonyl (C=O) groups is 1. The maximum atomic E-state index is 11.2. The molecule has 66 valence electrons. The normalized spacial score (nSPS) is 13.3. The van der Waals surface area contributed by atoms with Gasteiger partial charge in [-0.25, -0.2) is 0 Å². The summed E-state index contributed by atoms with van der Waals surface area (Å²) >= 11 is 0. The van der Waals surface area contributed by atoms with Crippen molar-refractivity contribution in [1.29, 1.82) is 0 Å². The number of amides is 1. The molecule has 0 saturated heterocycles. The van der Waals surface area contributed by atoms with Crippen LogP contribution in [0.5, 0.6) is 0 Å². The molecular weight excluding hydrogens is 140 g/mol. The molecule has 3 nitrogen and oxygen atoms in total. The second-order valence-electron chi connectivity index (χ2n) is 3.40. The Morgan fingerprint density at radius 3 is 2.18 bits per heavy atom. The molecule has 0 aromatic rings. The Morgan fingerprint density at radius 2 is 1.91 bits per heavy atom. The van der Waals surface area contributed by atoms with Crippen molar-refractivity contribution < 1.29 is 4.79 Å². The second-order valence-corrected chi connectivity index (χ2v) is 3.40. The highest BCUT2D eigenvalue weighted by Crippen LogP contribution is 1.97. The first-order valence-electron chi connectivity index (χ1n) is 3.95. The van der Waals surface area contributed by atoms with Crippen molar-refractivity contribution in [2.75, 3.05) is 13.6 Å². The predicted octanol–water partition coefficient (Wildman–Crippen LogP) is 0.448. The Balaban J connectivity index is 3.83. The summed E-state index contributed by atoms with van der Waals surface area (Å²) in [5, 5.41) is 0. The molecule has 0 bridgehead atoms. The summed E-state index contributed by atoms with van der Waals surface area (Å²) in [4.78, 5) is 12.9. The van der Waals surface area contributed by atoms with Gasteiger partial charge in [-0.15, -0.1) is 0 Å². The van der Waals surface area contributed by atoms with E-state index in [1.54, 1.807) is 18.9 Å². The fourth-order valence-corrected chi connectivity index (χ4v) is 0.985. The Labute approximate surface area is 68.6 Å². The molecule has 0 aliphatic rings. The van der Waals surface area contributed by atoms with E-state index >= 15 is 0 Å². The lowest BCUT2D eigenvalue weighted by molar-refractivity contribution is -0.131. The minimum Gasteiger partial charge on any atom is -0.344 e. The van der Waals surface area contributed by atoms with Gasteiger partial charge in [-0.3, -0.25) is 4.79 Å². The molecule has 0 saturated carbocycles. The van der Waals surface area contributed by atoms with E-state index in [0.717, 1.165) is 6.54 Å². The van der Waals surface area contributed by atoms with Gasteiger partial charge in [0.15, 0.2) is 0 Å². The van der Waals surface area contributed by atoms with Gasteiger partial charge in [0.2, 0.25) is 5.91 Å². The van der Waals surface area contributed by atoms with Crippen LogP contribution >= 0.6 is 0 Å². The molecule has 0 rings (SSSR count). The van der Waals surface area contributed by atoms with Gasteiger partial charge in [0.25, 0.3) is 0 Å². The molecule has 11 heavy (non-hydrogen) atoms. The zero-order valence-corrected chi connectivity index (χ0v) is 7.79. The number of hydrogen-bond donors (Lipinski definition) is 1. The van der Waals surface area contributed by atoms with Crippen molar-refractivity contribution in [3.05, 3.63) is 0 Å². The van der Waals surface area contributed by atoms with Crippen LogP contribution in [-0.4, -0.2) is 30.4 Å². The SMILES string of the molecule is CC(C)CN(C)C(=O)C(C)N. The highest BCUT2D eigenvalue weighted by molar-refractivity contribution is 5.80. The molecule has 0 spiro atoms. The molecule has 0 aromatic carbocycles. The van der Waals surface area contributed by atoms with Crippen molar-refractivity contribution in [3.8, 4) is 0 Å². The Bertz CT molecular complexity index is 132. The van der Waals surface area contributed by atoms with Gasteiger partial charge in [-0.1, -0.05) is 13.8 Å². The Morgan fingerprint density at radius 1 is 1.45 bits per heavy atom. The smallest absolute Gasteiger partial charge is 0.238 e. The average Bonchev–Trinajstić information content (AvgIpc) is 1.84. The fourth-order valence-electron chi connectivity index (χ4n) is 0.985. The highest BCUT2D eigenvalue weighted by Gasteiger charge is 2.13. The van der Waals surface area contributed by atoms with Crippen LogP contribution in [-0.2, 0) is 4.79 Å². The van der Waals surface area contributed by atoms with Crippen molar-refractivity contribution in [3.63, 3.8) is 0 Å². The van der Waals surface area contributed by atoms with Crippen LogP contribution in [0.15, 0.2) is 0 Å². The highest BCUT2D eigenvalue weighted by atomic mass is 16.2. The van der Waals surface area contributed by atoms with Crippen molar-refractivity contribution in [2.24, 2.45) is 11.7 Å². The second kappa shape index (κ2) is 4.34. The summed E-state index contributed by atoms with van der Waals surface area (Å²) in [5.41, 5.74) is 5.42. The van der Waals surface area contributed by atoms with Crippen LogP contribution in [0.2, 0.25) is 0 Å². The quantitative estimate of drug-likeness (QED) is 0.648. The summed E-state index contributed by atoms with van der Waals surface area (Å²) in [5.74, 6) is 0.515. The number of carbonyl (C=O) groups excluding carboxylic acids is 1. The molecule has 2 N–H and O–H groups in total. The lowest BCUT2D eigenvalue weighted by atomic mass is 10.2. The Kier molecular flexibility index (Phi) is 4.11. The molecule has 3 heteroatoms. The molecule has 0 fully saturated rings. The predicted molar refractivity (Wildman–Crippen MR) is 46.1 cm³/mol. The first-order valence-corrected chi connectivity index (χ1v) is 3.95. The third-order valence-corrected chi connectivity index (χ3v) is 1.40. The van der Waals surface area contributed by atoms with Crippen molar-refractivity contribution in [2.45, 2.75) is 26.8 Å². The minimum absolute atomic E-state index is 0.0127. The maximum Gasteiger partial charge on any atom is 0.238 e. The number of nitrogens with zero attached hydrogens (tertiary/aromatic N) is 1. The van der Waals surface area contributed by atoms with E-state index in [9.17, 15) is 4.79 Å². The molecule has 1 unspecified atom stereocenters. The monoisotopic (exact) mass is 158 g/mol. The maximum absolute atomic E-state index is 11.2. The van der Waals surface area contributed by atoms with Crippen LogP contribution in [0.25, 0.3) is 0 Å². The lowest BCUT2D eigenvalue weighted by Crippen LogP contribution is -2.41. The zero-order chi connectivity index (χ0) is 9.02. The third-order valence-electron chi connectivity index (χ3n) is 1.40. The summed E-state index contributed by atoms with van der Waals surface area (Å²) in [6.07, 6.45) is 0. The van der Waals surface area contributed by atoms with Crippen LogP contribution in [0, 0.1) is 5.92 Å². The van der Waals surface area contributed by atoms with Gasteiger partial charge in [0.05, 0.1) is 6.04 Å². The van der Waals surface area contributed by atoms with Gasteiger partial charge in [0.1, 0.15) is 0 Å². The number of rotatable bonds is 3. The number of hydrogen-bond acceptors (Lipinski definition) is 2. The van der Waals surface area contributed by atoms with E-state index in [1.165, 1.54) is 0 Å². The summed E-state index contributed by atoms with van der Waals surface area (Å²) < 4.78 is 0. The molecule has 0 heterocycles. The van der Waals surface area contributed by atoms with Crippen LogP contribution in [0.3, 0.4) is 0 Å². The van der Waals surface area contributed by atoms with E-state index in [2.05, 4.69) is 13.8 Å². The molecule has 1 amide bonds. The van der Waals surface area contributed by atoms with Crippen LogP contribution < -0.4 is 5.73 Å². The summed E-state index contributed by atoms with van der Waals surface area (Å²) in [6, 6.07) is -0.376. The first-order chi connectivity index (χ1) is 4.95. The van der Waals surface area contributed by atoms with E-state index < -0.39 is 0 Å². The van der Waals surface area contributed by atoms with Crippen LogP contribution in [0.4, 0.5) is 0 Å². The van der Waals surface area contributed by atoms with E-state index in [4.69, 9.17) is 5.73 Å². The molecule has 0 aliphatic carbocycles. The largest absolute Gasteiger partial charge is 0.344 e. The van der Waals surface area contributed by atoms with Gasteiger partial charge in [-0.05, 0) is 12.8 Å². The number of nitrogens with two attached hydrogens (primary N) is 1. The molecule has 0 radical (unpaired) electrons. The van der Waals surface area contributed by atoms with Crippen molar-refractivity contribution in [1.82, 2.24) is 4.90 Å². The zero-order valence-electron chi connectivity index (χ0n) is 7.79. The van der Waals surface area contributed by atoms with E-state index in [1.807, 2.05) is 0 Å². The van der Waals surface area contributed by atoms with Gasteiger partial charge < -0.3 is 10.6 Å². The van der Waals surface area contributed by atoms with E-state index in [0.29, 0.717) is 5.92 Å². The molecular formula is C8H18N2O. The first kappa shape index (κ1) is 10.4. The average molecular weight is 158 g/mol. The topological polar surface area (TPSA) is 46.3 Å². The van der Waals surface area contributed by atoms with E-state index in [-0.39, 0.29) is 11.9 Å². The van der Waals surface area contributed by atoms with Crippen molar-refractivity contribution >= 4 is 5.91 Å². The number of likely N-dealkylation sites (N-methyl/N-ethyl adjacent to an activating group) is 1. The van der Waals surface area contributed by atoms with Gasteiger partial charge >= 0.3 is 0 Å². The standard InChI is InChI=1S/C8H18N2O/c1-6(2)5-10(4)8(11)7(3)9/h6-7H,5,9H2,1-4H3. The van der Waals surface area contributed by atoms with Gasteiger partial charge in [-0.2, -0.15) is 0 Å². The van der Waals surface area contributed by atoms with Gasteiger partial charge in [0, 0.05) is 13.6 Å². The molecule has 0 aliphatic heterocycles. The minimum atomic E-state index is -0.376. The molecule has 1 atom stereocenters. The lowest BCUT2D eigenvalue weighted by Gasteiger charge is -2.20. The van der Waals surface area contributed by atoms with Crippen LogP contribution in [0.1, 0.15) is 20.8 Å². The fraction of sp³-hybridized carbons (Fsp3) is 0.875. The summed E-state index contributed by atoms with van der Waals surface area (Å²) in [6.45, 7) is 6.63.